The number of nitrogens with one attached hydrogen (secondary N) is 1. The van der Waals surface area contributed by atoms with Gasteiger partial charge in [0.05, 0.1) is 5.60 Å². The van der Waals surface area contributed by atoms with Gasteiger partial charge in [-0.25, -0.2) is 0 Å². The molecule has 0 spiro atoms. The Morgan fingerprint density at radius 2 is 2.11 bits per heavy atom. The predicted octanol–water partition coefficient (Wildman–Crippen LogP) is 0.270. The van der Waals surface area contributed by atoms with Crippen molar-refractivity contribution in [1.29, 1.82) is 0 Å². The molecular formula is C13H18N2O3. The largest absolute Gasteiger partial charge is 0.388 e. The van der Waals surface area contributed by atoms with Crippen molar-refractivity contribution in [2.24, 2.45) is 0 Å². The van der Waals surface area contributed by atoms with Crippen LogP contribution in [0, 0.1) is 0 Å². The molecule has 0 radical (unpaired) electrons. The lowest BCUT2D eigenvalue weighted by Crippen LogP contribution is -2.42. The maximum absolute atomic E-state index is 11.7. The SMILES string of the molecule is O=C(Cn1ccccc1=O)NCC1(O)CCCC1. The monoisotopic (exact) mass is 250 g/mol. The van der Waals surface area contributed by atoms with Crippen molar-refractivity contribution in [2.75, 3.05) is 6.54 Å². The number of nitrogens with zero attached hydrogens (tertiary/aromatic N) is 1. The number of amides is 1. The first-order chi connectivity index (χ1) is 8.59. The van der Waals surface area contributed by atoms with Crippen LogP contribution in [0.25, 0.3) is 0 Å². The van der Waals surface area contributed by atoms with Crippen LogP contribution < -0.4 is 10.9 Å². The summed E-state index contributed by atoms with van der Waals surface area (Å²) in [4.78, 5) is 23.1. The van der Waals surface area contributed by atoms with Gasteiger partial charge in [-0.05, 0) is 18.9 Å². The summed E-state index contributed by atoms with van der Waals surface area (Å²) in [6, 6.07) is 4.76. The van der Waals surface area contributed by atoms with E-state index in [-0.39, 0.29) is 24.6 Å². The Labute approximate surface area is 105 Å². The molecule has 1 aromatic heterocycles. The zero-order valence-corrected chi connectivity index (χ0v) is 10.3. The van der Waals surface area contributed by atoms with E-state index in [1.165, 1.54) is 10.6 Å². The quantitative estimate of drug-likeness (QED) is 0.805. The maximum atomic E-state index is 11.7. The molecule has 1 heterocycles. The van der Waals surface area contributed by atoms with Gasteiger partial charge >= 0.3 is 0 Å². The average molecular weight is 250 g/mol. The number of pyridine rings is 1. The Bertz CT molecular complexity index is 475. The first-order valence-electron chi connectivity index (χ1n) is 6.24. The molecular weight excluding hydrogens is 232 g/mol. The van der Waals surface area contributed by atoms with Crippen LogP contribution in [0.5, 0.6) is 0 Å². The Kier molecular flexibility index (Phi) is 3.81. The van der Waals surface area contributed by atoms with Crippen LogP contribution in [-0.2, 0) is 11.3 Å². The Morgan fingerprint density at radius 1 is 1.39 bits per heavy atom. The van der Waals surface area contributed by atoms with Crippen LogP contribution in [0.1, 0.15) is 25.7 Å². The third-order valence-corrected chi connectivity index (χ3v) is 3.36. The second-order valence-corrected chi connectivity index (χ2v) is 4.87. The summed E-state index contributed by atoms with van der Waals surface area (Å²) in [6.07, 6.45) is 5.05. The van der Waals surface area contributed by atoms with E-state index in [1.807, 2.05) is 0 Å². The van der Waals surface area contributed by atoms with E-state index in [0.29, 0.717) is 0 Å². The lowest BCUT2D eigenvalue weighted by molar-refractivity contribution is -0.122. The van der Waals surface area contributed by atoms with Crippen LogP contribution in [0.15, 0.2) is 29.2 Å². The first-order valence-corrected chi connectivity index (χ1v) is 6.24. The van der Waals surface area contributed by atoms with Crippen LogP contribution in [0.4, 0.5) is 0 Å². The topological polar surface area (TPSA) is 71.3 Å². The third kappa shape index (κ3) is 3.20. The lowest BCUT2D eigenvalue weighted by atomic mass is 10.0. The van der Waals surface area contributed by atoms with Crippen molar-refractivity contribution < 1.29 is 9.90 Å². The summed E-state index contributed by atoms with van der Waals surface area (Å²) in [7, 11) is 0. The second kappa shape index (κ2) is 5.35. The van der Waals surface area contributed by atoms with Crippen LogP contribution >= 0.6 is 0 Å². The zero-order valence-electron chi connectivity index (χ0n) is 10.3. The molecule has 2 N–H and O–H groups in total. The average Bonchev–Trinajstić information content (AvgIpc) is 2.77. The van der Waals surface area contributed by atoms with E-state index in [2.05, 4.69) is 5.32 Å². The smallest absolute Gasteiger partial charge is 0.250 e. The maximum Gasteiger partial charge on any atom is 0.250 e. The van der Waals surface area contributed by atoms with Crippen molar-refractivity contribution in [3.63, 3.8) is 0 Å². The summed E-state index contributed by atoms with van der Waals surface area (Å²) < 4.78 is 1.34. The zero-order chi connectivity index (χ0) is 13.0. The number of hydrogen-bond acceptors (Lipinski definition) is 3. The van der Waals surface area contributed by atoms with E-state index in [0.717, 1.165) is 25.7 Å². The van der Waals surface area contributed by atoms with Crippen LogP contribution in [0.3, 0.4) is 0 Å². The van der Waals surface area contributed by atoms with Crippen LogP contribution in [-0.4, -0.2) is 27.7 Å². The minimum absolute atomic E-state index is 0.00421. The summed E-state index contributed by atoms with van der Waals surface area (Å²) in [5, 5.41) is 12.8. The van der Waals surface area contributed by atoms with Crippen molar-refractivity contribution in [3.05, 3.63) is 34.7 Å². The fourth-order valence-electron chi connectivity index (χ4n) is 2.27. The van der Waals surface area contributed by atoms with Gasteiger partial charge in [-0.15, -0.1) is 0 Å². The highest BCUT2D eigenvalue weighted by atomic mass is 16.3. The van der Waals surface area contributed by atoms with Crippen molar-refractivity contribution >= 4 is 5.91 Å². The highest BCUT2D eigenvalue weighted by molar-refractivity contribution is 5.75. The molecule has 0 aromatic carbocycles. The Balaban J connectivity index is 1.86. The van der Waals surface area contributed by atoms with Gasteiger partial charge in [0.25, 0.3) is 5.56 Å². The summed E-state index contributed by atoms with van der Waals surface area (Å²) in [5.41, 5.74) is -0.954. The summed E-state index contributed by atoms with van der Waals surface area (Å²) >= 11 is 0. The Hall–Kier alpha value is -1.62. The number of rotatable bonds is 4. The van der Waals surface area contributed by atoms with Gasteiger partial charge in [0.1, 0.15) is 6.54 Å². The third-order valence-electron chi connectivity index (χ3n) is 3.36. The van der Waals surface area contributed by atoms with Gasteiger partial charge in [-0.2, -0.15) is 0 Å². The predicted molar refractivity (Wildman–Crippen MR) is 67.1 cm³/mol. The molecule has 0 saturated heterocycles. The number of aliphatic hydroxyl groups is 1. The molecule has 1 aliphatic carbocycles. The number of carbonyl (C=O) groups is 1. The standard InChI is InChI=1S/C13H18N2O3/c16-11(9-15-8-4-1-5-12(15)17)14-10-13(18)6-2-3-7-13/h1,4-5,8,18H,2-3,6-7,9-10H2,(H,14,16). The fraction of sp³-hybridized carbons (Fsp3) is 0.538. The molecule has 1 amide bonds. The van der Waals surface area contributed by atoms with Gasteiger partial charge in [-0.3, -0.25) is 9.59 Å². The minimum atomic E-state index is -0.753. The van der Waals surface area contributed by atoms with E-state index in [4.69, 9.17) is 0 Å². The molecule has 98 valence electrons. The van der Waals surface area contributed by atoms with E-state index in [9.17, 15) is 14.7 Å². The van der Waals surface area contributed by atoms with Gasteiger partial charge in [0.2, 0.25) is 5.91 Å². The molecule has 1 aliphatic rings. The van der Waals surface area contributed by atoms with E-state index < -0.39 is 5.60 Å². The van der Waals surface area contributed by atoms with Crippen molar-refractivity contribution in [3.8, 4) is 0 Å². The van der Waals surface area contributed by atoms with Crippen LogP contribution in [0.2, 0.25) is 0 Å². The number of carbonyl (C=O) groups excluding carboxylic acids is 1. The summed E-state index contributed by atoms with van der Waals surface area (Å²) in [6.45, 7) is 0.267. The molecule has 5 nitrogen and oxygen atoms in total. The molecule has 18 heavy (non-hydrogen) atoms. The number of aromatic nitrogens is 1. The Morgan fingerprint density at radius 3 is 2.78 bits per heavy atom. The van der Waals surface area contributed by atoms with Gasteiger partial charge < -0.3 is 15.0 Å². The molecule has 0 unspecified atom stereocenters. The van der Waals surface area contributed by atoms with Crippen molar-refractivity contribution in [2.45, 2.75) is 37.8 Å². The molecule has 1 aromatic rings. The second-order valence-electron chi connectivity index (χ2n) is 4.87. The van der Waals surface area contributed by atoms with E-state index >= 15 is 0 Å². The molecule has 0 bridgehead atoms. The molecule has 0 aliphatic heterocycles. The van der Waals surface area contributed by atoms with Gasteiger partial charge in [0.15, 0.2) is 0 Å². The minimum Gasteiger partial charge on any atom is -0.388 e. The van der Waals surface area contributed by atoms with Gasteiger partial charge in [0, 0.05) is 18.8 Å². The van der Waals surface area contributed by atoms with Gasteiger partial charge in [-0.1, -0.05) is 18.9 Å². The molecule has 1 saturated carbocycles. The highest BCUT2D eigenvalue weighted by Gasteiger charge is 2.31. The number of hydrogen-bond donors (Lipinski definition) is 2. The lowest BCUT2D eigenvalue weighted by Gasteiger charge is -2.22. The first kappa shape index (κ1) is 12.8. The highest BCUT2D eigenvalue weighted by Crippen LogP contribution is 2.28. The summed E-state index contributed by atoms with van der Waals surface area (Å²) in [5.74, 6) is -0.247. The molecule has 5 heteroatoms. The van der Waals surface area contributed by atoms with E-state index in [1.54, 1.807) is 18.3 Å². The molecule has 1 fully saturated rings. The normalized spacial score (nSPS) is 17.6. The van der Waals surface area contributed by atoms with Crippen molar-refractivity contribution in [1.82, 2.24) is 9.88 Å². The fourth-order valence-corrected chi connectivity index (χ4v) is 2.27. The molecule has 0 atom stereocenters. The molecule has 2 rings (SSSR count).